The van der Waals surface area contributed by atoms with Crippen LogP contribution in [-0.2, 0) is 6.18 Å². The second-order valence-corrected chi connectivity index (χ2v) is 7.20. The molecule has 2 aliphatic rings. The molecule has 0 radical (unpaired) electrons. The van der Waals surface area contributed by atoms with Gasteiger partial charge in [-0.1, -0.05) is 24.3 Å². The Labute approximate surface area is 149 Å². The molecule has 1 amide bonds. The summed E-state index contributed by atoms with van der Waals surface area (Å²) in [6, 6.07) is 11.1. The van der Waals surface area contributed by atoms with Crippen molar-refractivity contribution in [1.29, 1.82) is 0 Å². The van der Waals surface area contributed by atoms with Crippen LogP contribution in [0.15, 0.2) is 48.7 Å². The third-order valence-electron chi connectivity index (χ3n) is 5.63. The number of carbonyl (C=O) groups is 1. The zero-order valence-electron chi connectivity index (χ0n) is 14.1. The number of fused-ring (bicyclic) bond motifs is 1. The maximum atomic E-state index is 13.3. The quantitative estimate of drug-likeness (QED) is 0.797. The monoisotopic (exact) mass is 360 g/mol. The summed E-state index contributed by atoms with van der Waals surface area (Å²) in [7, 11) is 0. The molecule has 1 saturated carbocycles. The van der Waals surface area contributed by atoms with Crippen LogP contribution in [-0.4, -0.2) is 28.9 Å². The lowest BCUT2D eigenvalue weighted by Crippen LogP contribution is -2.30. The lowest BCUT2D eigenvalue weighted by atomic mass is 9.91. The molecule has 2 aromatic rings. The van der Waals surface area contributed by atoms with Crippen molar-refractivity contribution in [3.05, 3.63) is 65.5 Å². The molecular weight excluding hydrogens is 341 g/mol. The molecule has 1 aromatic heterocycles. The Balaban J connectivity index is 1.47. The van der Waals surface area contributed by atoms with Crippen LogP contribution >= 0.6 is 0 Å². The number of hydrogen-bond donors (Lipinski definition) is 0. The molecular formula is C20H19F3N2O. The fourth-order valence-corrected chi connectivity index (χ4v) is 4.48. The van der Waals surface area contributed by atoms with Crippen molar-refractivity contribution in [2.45, 2.75) is 24.9 Å². The van der Waals surface area contributed by atoms with Gasteiger partial charge in [-0.3, -0.25) is 9.78 Å². The first-order chi connectivity index (χ1) is 12.4. The van der Waals surface area contributed by atoms with E-state index in [0.29, 0.717) is 37.2 Å². The molecule has 4 rings (SSSR count). The summed E-state index contributed by atoms with van der Waals surface area (Å²) < 4.78 is 39.9. The van der Waals surface area contributed by atoms with E-state index in [1.165, 1.54) is 12.1 Å². The van der Waals surface area contributed by atoms with E-state index < -0.39 is 11.7 Å². The smallest absolute Gasteiger partial charge is 0.337 e. The van der Waals surface area contributed by atoms with Crippen LogP contribution in [0.5, 0.6) is 0 Å². The van der Waals surface area contributed by atoms with Crippen LogP contribution in [0.4, 0.5) is 13.2 Å². The van der Waals surface area contributed by atoms with Gasteiger partial charge in [-0.15, -0.1) is 0 Å². The van der Waals surface area contributed by atoms with Gasteiger partial charge < -0.3 is 4.90 Å². The molecule has 6 heteroatoms. The third kappa shape index (κ3) is 3.08. The molecule has 1 aliphatic carbocycles. The fourth-order valence-electron chi connectivity index (χ4n) is 4.48. The summed E-state index contributed by atoms with van der Waals surface area (Å²) in [6.45, 7) is 1.20. The van der Waals surface area contributed by atoms with Crippen LogP contribution in [0, 0.1) is 11.8 Å². The number of nitrogens with zero attached hydrogens (tertiary/aromatic N) is 2. The van der Waals surface area contributed by atoms with Crippen molar-refractivity contribution < 1.29 is 18.0 Å². The van der Waals surface area contributed by atoms with E-state index in [9.17, 15) is 18.0 Å². The van der Waals surface area contributed by atoms with Crippen molar-refractivity contribution in [2.24, 2.45) is 11.8 Å². The molecule has 2 heterocycles. The highest BCUT2D eigenvalue weighted by atomic mass is 19.4. The first-order valence-electron chi connectivity index (χ1n) is 8.80. The molecule has 2 fully saturated rings. The van der Waals surface area contributed by atoms with Crippen molar-refractivity contribution in [1.82, 2.24) is 9.88 Å². The number of benzene rings is 1. The maximum absolute atomic E-state index is 13.3. The van der Waals surface area contributed by atoms with Crippen molar-refractivity contribution in [2.75, 3.05) is 13.1 Å². The largest absolute Gasteiger partial charge is 0.416 e. The van der Waals surface area contributed by atoms with Crippen LogP contribution in [0.1, 0.15) is 40.4 Å². The van der Waals surface area contributed by atoms with Crippen molar-refractivity contribution >= 4 is 5.91 Å². The summed E-state index contributed by atoms with van der Waals surface area (Å²) in [4.78, 5) is 18.4. The predicted molar refractivity (Wildman–Crippen MR) is 90.5 cm³/mol. The molecule has 0 bridgehead atoms. The highest BCUT2D eigenvalue weighted by molar-refractivity contribution is 5.92. The van der Waals surface area contributed by atoms with Crippen LogP contribution in [0.3, 0.4) is 0 Å². The summed E-state index contributed by atoms with van der Waals surface area (Å²) in [6.07, 6.45) is -1.34. The first kappa shape index (κ1) is 17.1. The molecule has 3 nitrogen and oxygen atoms in total. The van der Waals surface area contributed by atoms with Gasteiger partial charge in [0.05, 0.1) is 5.56 Å². The van der Waals surface area contributed by atoms with Gasteiger partial charge in [0.15, 0.2) is 0 Å². The number of carbonyl (C=O) groups excluding carboxylic acids is 1. The first-order valence-corrected chi connectivity index (χ1v) is 8.80. The van der Waals surface area contributed by atoms with Gasteiger partial charge in [0.1, 0.15) is 5.69 Å². The molecule has 1 saturated heterocycles. The van der Waals surface area contributed by atoms with E-state index in [1.807, 2.05) is 0 Å². The fraction of sp³-hybridized carbons (Fsp3) is 0.400. The van der Waals surface area contributed by atoms with E-state index >= 15 is 0 Å². The van der Waals surface area contributed by atoms with E-state index in [1.54, 1.807) is 41.4 Å². The lowest BCUT2D eigenvalue weighted by Gasteiger charge is -2.21. The minimum atomic E-state index is -4.32. The summed E-state index contributed by atoms with van der Waals surface area (Å²) in [5.74, 6) is 0.338. The molecule has 0 spiro atoms. The lowest BCUT2D eigenvalue weighted by molar-refractivity contribution is -0.138. The predicted octanol–water partition coefficient (Wildman–Crippen LogP) is 4.37. The molecule has 1 aromatic carbocycles. The molecule has 0 N–H and O–H groups in total. The molecule has 1 unspecified atom stereocenters. The number of likely N-dealkylation sites (tertiary alicyclic amines) is 1. The third-order valence-corrected chi connectivity index (χ3v) is 5.63. The van der Waals surface area contributed by atoms with Crippen LogP contribution in [0.25, 0.3) is 0 Å². The summed E-state index contributed by atoms with van der Waals surface area (Å²) >= 11 is 0. The number of alkyl halides is 3. The zero-order valence-corrected chi connectivity index (χ0v) is 14.1. The number of pyridine rings is 1. The van der Waals surface area contributed by atoms with Gasteiger partial charge in [-0.25, -0.2) is 0 Å². The Morgan fingerprint density at radius 1 is 1.00 bits per heavy atom. The number of rotatable bonds is 2. The number of hydrogen-bond acceptors (Lipinski definition) is 2. The van der Waals surface area contributed by atoms with Gasteiger partial charge >= 0.3 is 6.18 Å². The molecule has 3 atom stereocenters. The van der Waals surface area contributed by atoms with E-state index in [4.69, 9.17) is 0 Å². The second kappa shape index (κ2) is 6.41. The second-order valence-electron chi connectivity index (χ2n) is 7.20. The van der Waals surface area contributed by atoms with Gasteiger partial charge in [0.2, 0.25) is 0 Å². The topological polar surface area (TPSA) is 33.2 Å². The molecule has 1 aliphatic heterocycles. The molecule has 26 heavy (non-hydrogen) atoms. The van der Waals surface area contributed by atoms with E-state index in [2.05, 4.69) is 4.98 Å². The number of amides is 1. The van der Waals surface area contributed by atoms with E-state index in [-0.39, 0.29) is 23.7 Å². The van der Waals surface area contributed by atoms with Crippen LogP contribution < -0.4 is 0 Å². The standard InChI is InChI=1S/C20H19F3N2O/c21-20(22,23)17-6-2-1-5-16(17)13-9-14-11-25(12-15(14)10-13)19(26)18-7-3-4-8-24-18/h1-8,13-15H,9-12H2/t13?,14-,15+. The van der Waals surface area contributed by atoms with E-state index in [0.717, 1.165) is 0 Å². The SMILES string of the molecule is O=C(c1ccccn1)N1C[C@H]2CC(c3ccccc3C(F)(F)F)C[C@H]2C1. The Kier molecular flexibility index (Phi) is 4.21. The number of aromatic nitrogens is 1. The zero-order chi connectivity index (χ0) is 18.3. The van der Waals surface area contributed by atoms with Crippen molar-refractivity contribution in [3.8, 4) is 0 Å². The number of halogens is 3. The Morgan fingerprint density at radius 2 is 1.65 bits per heavy atom. The summed E-state index contributed by atoms with van der Waals surface area (Å²) in [5, 5.41) is 0. The molecule has 136 valence electrons. The van der Waals surface area contributed by atoms with Gasteiger partial charge in [0.25, 0.3) is 5.91 Å². The minimum absolute atomic E-state index is 0.0880. The van der Waals surface area contributed by atoms with Crippen LogP contribution in [0.2, 0.25) is 0 Å². The van der Waals surface area contributed by atoms with Crippen molar-refractivity contribution in [3.63, 3.8) is 0 Å². The Hall–Kier alpha value is -2.37. The normalized spacial score (nSPS) is 25.3. The van der Waals surface area contributed by atoms with Gasteiger partial charge in [-0.2, -0.15) is 13.2 Å². The van der Waals surface area contributed by atoms with Gasteiger partial charge in [0, 0.05) is 19.3 Å². The highest BCUT2D eigenvalue weighted by Gasteiger charge is 2.45. The highest BCUT2D eigenvalue weighted by Crippen LogP contribution is 2.48. The average Bonchev–Trinajstić information content (AvgIpc) is 3.20. The summed E-state index contributed by atoms with van der Waals surface area (Å²) in [5.41, 5.74) is 0.301. The maximum Gasteiger partial charge on any atom is 0.416 e. The Morgan fingerprint density at radius 3 is 2.27 bits per heavy atom. The average molecular weight is 360 g/mol. The minimum Gasteiger partial charge on any atom is -0.337 e. The Bertz CT molecular complexity index is 792. The van der Waals surface area contributed by atoms with Gasteiger partial charge in [-0.05, 0) is 54.4 Å².